The van der Waals surface area contributed by atoms with Crippen molar-refractivity contribution in [3.05, 3.63) is 0 Å². The third kappa shape index (κ3) is 4.10. The van der Waals surface area contributed by atoms with Gasteiger partial charge in [-0.15, -0.1) is 0 Å². The molecule has 92 valence electrons. The smallest absolute Gasteiger partial charge is 0.304 e. The number of carboxylic acids is 1. The standard InChI is InChI=1S/C12H22N2O2/c15-12(16)4-6-14-9-7-13(8-10-14)5-3-11-1-2-11/h11H,1-10H2,(H,15,16). The average Bonchev–Trinajstić information content (AvgIpc) is 3.09. The van der Waals surface area contributed by atoms with E-state index in [2.05, 4.69) is 9.80 Å². The van der Waals surface area contributed by atoms with Crippen molar-refractivity contribution in [1.29, 1.82) is 0 Å². The Kier molecular flexibility index (Phi) is 4.18. The topological polar surface area (TPSA) is 43.8 Å². The molecule has 0 bridgehead atoms. The fourth-order valence-electron chi connectivity index (χ4n) is 2.26. The Bertz CT molecular complexity index is 233. The van der Waals surface area contributed by atoms with Gasteiger partial charge in [0.2, 0.25) is 0 Å². The summed E-state index contributed by atoms with van der Waals surface area (Å²) in [4.78, 5) is 15.2. The zero-order valence-corrected chi connectivity index (χ0v) is 9.90. The molecule has 2 aliphatic rings. The molecule has 4 nitrogen and oxygen atoms in total. The van der Waals surface area contributed by atoms with Crippen LogP contribution in [0.1, 0.15) is 25.7 Å². The van der Waals surface area contributed by atoms with Crippen molar-refractivity contribution in [3.63, 3.8) is 0 Å². The Labute approximate surface area is 97.2 Å². The summed E-state index contributed by atoms with van der Waals surface area (Å²) in [6.07, 6.45) is 4.54. The van der Waals surface area contributed by atoms with Crippen LogP contribution in [0.2, 0.25) is 0 Å². The lowest BCUT2D eigenvalue weighted by atomic mass is 10.2. The monoisotopic (exact) mass is 226 g/mol. The molecule has 0 unspecified atom stereocenters. The van der Waals surface area contributed by atoms with E-state index in [4.69, 9.17) is 5.11 Å². The van der Waals surface area contributed by atoms with Gasteiger partial charge in [0.25, 0.3) is 0 Å². The number of carbonyl (C=O) groups is 1. The van der Waals surface area contributed by atoms with Gasteiger partial charge in [-0.1, -0.05) is 12.8 Å². The molecular formula is C12H22N2O2. The summed E-state index contributed by atoms with van der Waals surface area (Å²) >= 11 is 0. The first-order valence-corrected chi connectivity index (χ1v) is 6.40. The van der Waals surface area contributed by atoms with Crippen LogP contribution in [0.3, 0.4) is 0 Å². The molecular weight excluding hydrogens is 204 g/mol. The molecule has 0 aromatic carbocycles. The average molecular weight is 226 g/mol. The second-order valence-electron chi connectivity index (χ2n) is 5.06. The van der Waals surface area contributed by atoms with Crippen molar-refractivity contribution >= 4 is 5.97 Å². The van der Waals surface area contributed by atoms with Crippen LogP contribution in [0.15, 0.2) is 0 Å². The lowest BCUT2D eigenvalue weighted by Crippen LogP contribution is -2.47. The molecule has 2 fully saturated rings. The molecule has 4 heteroatoms. The van der Waals surface area contributed by atoms with E-state index in [1.54, 1.807) is 0 Å². The number of hydrogen-bond acceptors (Lipinski definition) is 3. The maximum atomic E-state index is 10.5. The Morgan fingerprint density at radius 3 is 2.12 bits per heavy atom. The highest BCUT2D eigenvalue weighted by molar-refractivity contribution is 5.66. The highest BCUT2D eigenvalue weighted by Crippen LogP contribution is 2.32. The van der Waals surface area contributed by atoms with Crippen LogP contribution in [0, 0.1) is 5.92 Å². The quantitative estimate of drug-likeness (QED) is 0.730. The largest absolute Gasteiger partial charge is 0.481 e. The number of piperazine rings is 1. The van der Waals surface area contributed by atoms with Gasteiger partial charge in [-0.3, -0.25) is 4.79 Å². The summed E-state index contributed by atoms with van der Waals surface area (Å²) in [5.41, 5.74) is 0. The predicted molar refractivity (Wildman–Crippen MR) is 62.5 cm³/mol. The van der Waals surface area contributed by atoms with Gasteiger partial charge in [0.15, 0.2) is 0 Å². The van der Waals surface area contributed by atoms with E-state index in [9.17, 15) is 4.79 Å². The van der Waals surface area contributed by atoms with Crippen molar-refractivity contribution in [3.8, 4) is 0 Å². The Morgan fingerprint density at radius 1 is 1.06 bits per heavy atom. The van der Waals surface area contributed by atoms with Gasteiger partial charge in [0.05, 0.1) is 6.42 Å². The Balaban J connectivity index is 1.56. The van der Waals surface area contributed by atoms with Crippen molar-refractivity contribution in [2.75, 3.05) is 39.3 Å². The fourth-order valence-corrected chi connectivity index (χ4v) is 2.26. The number of rotatable bonds is 6. The van der Waals surface area contributed by atoms with Crippen molar-refractivity contribution in [2.45, 2.75) is 25.7 Å². The summed E-state index contributed by atoms with van der Waals surface area (Å²) in [7, 11) is 0. The van der Waals surface area contributed by atoms with Crippen LogP contribution in [0.5, 0.6) is 0 Å². The van der Waals surface area contributed by atoms with Crippen LogP contribution in [-0.2, 0) is 4.79 Å². The zero-order valence-electron chi connectivity index (χ0n) is 9.90. The molecule has 0 aromatic rings. The molecule has 1 aliphatic heterocycles. The third-order valence-corrected chi connectivity index (χ3v) is 3.66. The van der Waals surface area contributed by atoms with E-state index in [1.165, 1.54) is 25.8 Å². The normalized spacial score (nSPS) is 23.5. The summed E-state index contributed by atoms with van der Waals surface area (Å²) in [5, 5.41) is 8.61. The summed E-state index contributed by atoms with van der Waals surface area (Å²) in [6, 6.07) is 0. The van der Waals surface area contributed by atoms with Crippen molar-refractivity contribution < 1.29 is 9.90 Å². The summed E-state index contributed by atoms with van der Waals surface area (Å²) in [6.45, 7) is 6.28. The second-order valence-corrected chi connectivity index (χ2v) is 5.06. The minimum atomic E-state index is -0.684. The molecule has 1 N–H and O–H groups in total. The van der Waals surface area contributed by atoms with Crippen molar-refractivity contribution in [1.82, 2.24) is 9.80 Å². The lowest BCUT2D eigenvalue weighted by molar-refractivity contribution is -0.137. The lowest BCUT2D eigenvalue weighted by Gasteiger charge is -2.34. The van der Waals surface area contributed by atoms with Gasteiger partial charge < -0.3 is 14.9 Å². The number of nitrogens with zero attached hydrogens (tertiary/aromatic N) is 2. The second kappa shape index (κ2) is 5.64. The predicted octanol–water partition coefficient (Wildman–Crippen LogP) is 0.879. The van der Waals surface area contributed by atoms with E-state index < -0.39 is 5.97 Å². The molecule has 0 aromatic heterocycles. The maximum Gasteiger partial charge on any atom is 0.304 e. The number of aliphatic carboxylic acids is 1. The highest BCUT2D eigenvalue weighted by Gasteiger charge is 2.23. The first-order valence-electron chi connectivity index (χ1n) is 6.40. The fraction of sp³-hybridized carbons (Fsp3) is 0.917. The van der Waals surface area contributed by atoms with Crippen LogP contribution in [0.4, 0.5) is 0 Å². The number of hydrogen-bond donors (Lipinski definition) is 1. The molecule has 1 saturated carbocycles. The first kappa shape index (κ1) is 11.9. The zero-order chi connectivity index (χ0) is 11.4. The first-order chi connectivity index (χ1) is 7.74. The van der Waals surface area contributed by atoms with E-state index in [0.717, 1.165) is 32.1 Å². The van der Waals surface area contributed by atoms with Gasteiger partial charge in [0.1, 0.15) is 0 Å². The van der Waals surface area contributed by atoms with Gasteiger partial charge in [-0.2, -0.15) is 0 Å². The van der Waals surface area contributed by atoms with E-state index >= 15 is 0 Å². The van der Waals surface area contributed by atoms with Crippen LogP contribution in [-0.4, -0.2) is 60.1 Å². The van der Waals surface area contributed by atoms with Crippen molar-refractivity contribution in [2.24, 2.45) is 5.92 Å². The van der Waals surface area contributed by atoms with Gasteiger partial charge in [-0.25, -0.2) is 0 Å². The summed E-state index contributed by atoms with van der Waals surface area (Å²) < 4.78 is 0. The molecule has 1 heterocycles. The van der Waals surface area contributed by atoms with Gasteiger partial charge in [-0.05, 0) is 18.9 Å². The van der Waals surface area contributed by atoms with Crippen LogP contribution >= 0.6 is 0 Å². The molecule has 1 aliphatic carbocycles. The maximum absolute atomic E-state index is 10.5. The molecule has 0 radical (unpaired) electrons. The minimum absolute atomic E-state index is 0.280. The number of carboxylic acid groups (broad SMARTS) is 1. The molecule has 0 amide bonds. The van der Waals surface area contributed by atoms with Crippen LogP contribution < -0.4 is 0 Å². The third-order valence-electron chi connectivity index (χ3n) is 3.66. The Morgan fingerprint density at radius 2 is 1.62 bits per heavy atom. The van der Waals surface area contributed by atoms with E-state index in [1.807, 2.05) is 0 Å². The Hall–Kier alpha value is -0.610. The molecule has 1 saturated heterocycles. The van der Waals surface area contributed by atoms with E-state index in [0.29, 0.717) is 6.54 Å². The molecule has 2 rings (SSSR count). The van der Waals surface area contributed by atoms with Gasteiger partial charge in [0, 0.05) is 32.7 Å². The summed E-state index contributed by atoms with van der Waals surface area (Å²) in [5.74, 6) is 0.334. The SMILES string of the molecule is O=C(O)CCN1CCN(CCC2CC2)CC1. The highest BCUT2D eigenvalue weighted by atomic mass is 16.4. The minimum Gasteiger partial charge on any atom is -0.481 e. The molecule has 16 heavy (non-hydrogen) atoms. The van der Waals surface area contributed by atoms with E-state index in [-0.39, 0.29) is 6.42 Å². The van der Waals surface area contributed by atoms with Crippen LogP contribution in [0.25, 0.3) is 0 Å². The van der Waals surface area contributed by atoms with Gasteiger partial charge >= 0.3 is 5.97 Å². The molecule has 0 spiro atoms. The molecule has 0 atom stereocenters.